The predicted molar refractivity (Wildman–Crippen MR) is 87.0 cm³/mol. The Morgan fingerprint density at radius 3 is 2.29 bits per heavy atom. The Bertz CT molecular complexity index is 416. The van der Waals surface area contributed by atoms with E-state index in [9.17, 15) is 0 Å². The van der Waals surface area contributed by atoms with Crippen LogP contribution in [0.2, 0.25) is 0 Å². The van der Waals surface area contributed by atoms with E-state index in [-0.39, 0.29) is 17.1 Å². The summed E-state index contributed by atoms with van der Waals surface area (Å²) in [5.41, 5.74) is 0.234. The Kier molecular flexibility index (Phi) is 6.02. The monoisotopic (exact) mass is 294 g/mol. The minimum Gasteiger partial charge on any atom is -0.491 e. The third-order valence-corrected chi connectivity index (χ3v) is 2.62. The lowest BCUT2D eigenvalue weighted by atomic mass is 9.99. The molecular weight excluding hydrogens is 264 g/mol. The molecule has 1 aromatic rings. The summed E-state index contributed by atoms with van der Waals surface area (Å²) in [5.74, 6) is 1.40. The van der Waals surface area contributed by atoms with Gasteiger partial charge in [0.25, 0.3) is 0 Å². The zero-order valence-electron chi connectivity index (χ0n) is 14.5. The van der Waals surface area contributed by atoms with Crippen molar-refractivity contribution in [2.24, 2.45) is 5.41 Å². The Morgan fingerprint density at radius 1 is 1.14 bits per heavy atom. The summed E-state index contributed by atoms with van der Waals surface area (Å²) >= 11 is 0. The van der Waals surface area contributed by atoms with E-state index in [2.05, 4.69) is 51.8 Å². The largest absolute Gasteiger partial charge is 0.491 e. The second-order valence-electron chi connectivity index (χ2n) is 7.74. The molecule has 0 radical (unpaired) electrons. The van der Waals surface area contributed by atoms with E-state index in [4.69, 9.17) is 9.47 Å². The average Bonchev–Trinajstić information content (AvgIpc) is 2.34. The summed E-state index contributed by atoms with van der Waals surface area (Å²) in [4.78, 5) is 4.29. The number of hydrogen-bond donors (Lipinski definition) is 1. The minimum atomic E-state index is 0.0677. The second-order valence-corrected chi connectivity index (χ2v) is 7.74. The number of pyridine rings is 1. The van der Waals surface area contributed by atoms with E-state index < -0.39 is 0 Å². The van der Waals surface area contributed by atoms with Crippen molar-refractivity contribution in [2.75, 3.05) is 13.2 Å². The Hall–Kier alpha value is -1.29. The molecule has 1 aromatic heterocycles. The molecule has 21 heavy (non-hydrogen) atoms. The molecule has 0 aliphatic rings. The summed E-state index contributed by atoms with van der Waals surface area (Å²) in [6.07, 6.45) is 1.78. The van der Waals surface area contributed by atoms with Crippen molar-refractivity contribution in [1.29, 1.82) is 0 Å². The average molecular weight is 294 g/mol. The topological polar surface area (TPSA) is 43.4 Å². The lowest BCUT2D eigenvalue weighted by Crippen LogP contribution is -2.41. The highest BCUT2D eigenvalue weighted by molar-refractivity contribution is 5.23. The highest BCUT2D eigenvalue weighted by Gasteiger charge is 2.13. The first-order valence-electron chi connectivity index (χ1n) is 7.56. The van der Waals surface area contributed by atoms with Crippen LogP contribution in [0.25, 0.3) is 0 Å². The molecule has 4 heteroatoms. The van der Waals surface area contributed by atoms with Gasteiger partial charge in [-0.2, -0.15) is 0 Å². The van der Waals surface area contributed by atoms with E-state index in [1.54, 1.807) is 6.20 Å². The number of aromatic nitrogens is 1. The Labute approximate surface area is 129 Å². The first kappa shape index (κ1) is 17.8. The quantitative estimate of drug-likeness (QED) is 0.869. The number of hydrogen-bond acceptors (Lipinski definition) is 4. The molecule has 0 aliphatic carbocycles. The normalized spacial score (nSPS) is 13.9. The van der Waals surface area contributed by atoms with Crippen molar-refractivity contribution in [3.8, 4) is 11.6 Å². The second kappa shape index (κ2) is 7.12. The predicted octanol–water partition coefficient (Wildman–Crippen LogP) is 3.66. The van der Waals surface area contributed by atoms with Crippen LogP contribution in [0.3, 0.4) is 0 Å². The first-order chi connectivity index (χ1) is 9.55. The van der Waals surface area contributed by atoms with Gasteiger partial charge in [-0.15, -0.1) is 0 Å². The van der Waals surface area contributed by atoms with Gasteiger partial charge >= 0.3 is 0 Å². The standard InChI is InChI=1S/C17H30N2O2/c1-13(10-19-17(5,6)7)21-15-9-8-14(11-18-15)20-12-16(2,3)4/h8-9,11,13,19H,10,12H2,1-7H3/t13-/m1/s1. The summed E-state index contributed by atoms with van der Waals surface area (Å²) in [7, 11) is 0. The number of nitrogens with one attached hydrogen (secondary N) is 1. The fourth-order valence-corrected chi connectivity index (χ4v) is 1.52. The van der Waals surface area contributed by atoms with E-state index in [1.807, 2.05) is 19.1 Å². The Morgan fingerprint density at radius 2 is 1.81 bits per heavy atom. The molecule has 1 rings (SSSR count). The SMILES string of the molecule is C[C@H](CNC(C)(C)C)Oc1ccc(OCC(C)(C)C)cn1. The molecule has 0 amide bonds. The summed E-state index contributed by atoms with van der Waals surface area (Å²) < 4.78 is 11.5. The molecule has 120 valence electrons. The smallest absolute Gasteiger partial charge is 0.213 e. The van der Waals surface area contributed by atoms with Crippen LogP contribution in [0.4, 0.5) is 0 Å². The summed E-state index contributed by atoms with van der Waals surface area (Å²) in [6, 6.07) is 3.75. The van der Waals surface area contributed by atoms with Crippen LogP contribution in [0.15, 0.2) is 18.3 Å². The highest BCUT2D eigenvalue weighted by atomic mass is 16.5. The Balaban J connectivity index is 2.43. The minimum absolute atomic E-state index is 0.0677. The van der Waals surface area contributed by atoms with Gasteiger partial charge in [0, 0.05) is 18.2 Å². The molecule has 0 unspecified atom stereocenters. The number of nitrogens with zero attached hydrogens (tertiary/aromatic N) is 1. The van der Waals surface area contributed by atoms with Crippen molar-refractivity contribution in [3.05, 3.63) is 18.3 Å². The fraction of sp³-hybridized carbons (Fsp3) is 0.706. The van der Waals surface area contributed by atoms with Crippen LogP contribution in [0, 0.1) is 5.41 Å². The van der Waals surface area contributed by atoms with Crippen LogP contribution in [0.5, 0.6) is 11.6 Å². The van der Waals surface area contributed by atoms with E-state index >= 15 is 0 Å². The molecule has 1 N–H and O–H groups in total. The van der Waals surface area contributed by atoms with Crippen LogP contribution >= 0.6 is 0 Å². The molecule has 4 nitrogen and oxygen atoms in total. The first-order valence-corrected chi connectivity index (χ1v) is 7.56. The van der Waals surface area contributed by atoms with Crippen LogP contribution in [-0.2, 0) is 0 Å². The van der Waals surface area contributed by atoms with Crippen molar-refractivity contribution in [1.82, 2.24) is 10.3 Å². The molecule has 1 heterocycles. The maximum atomic E-state index is 5.78. The molecule has 0 aromatic carbocycles. The third-order valence-electron chi connectivity index (χ3n) is 2.62. The van der Waals surface area contributed by atoms with Crippen molar-refractivity contribution < 1.29 is 9.47 Å². The van der Waals surface area contributed by atoms with E-state index in [0.29, 0.717) is 12.5 Å². The molecule has 0 bridgehead atoms. The molecule has 0 saturated carbocycles. The van der Waals surface area contributed by atoms with Gasteiger partial charge in [-0.05, 0) is 39.2 Å². The van der Waals surface area contributed by atoms with Crippen LogP contribution < -0.4 is 14.8 Å². The van der Waals surface area contributed by atoms with Crippen LogP contribution in [0.1, 0.15) is 48.5 Å². The number of ether oxygens (including phenoxy) is 2. The lowest BCUT2D eigenvalue weighted by Gasteiger charge is -2.23. The molecule has 0 fully saturated rings. The van der Waals surface area contributed by atoms with Gasteiger partial charge in [0.05, 0.1) is 12.8 Å². The fourth-order valence-electron chi connectivity index (χ4n) is 1.52. The van der Waals surface area contributed by atoms with E-state index in [0.717, 1.165) is 12.3 Å². The van der Waals surface area contributed by atoms with Crippen molar-refractivity contribution >= 4 is 0 Å². The molecule has 0 aliphatic heterocycles. The van der Waals surface area contributed by atoms with Gasteiger partial charge in [-0.1, -0.05) is 20.8 Å². The van der Waals surface area contributed by atoms with Crippen LogP contribution in [-0.4, -0.2) is 29.8 Å². The third kappa shape index (κ3) is 8.56. The zero-order chi connectivity index (χ0) is 16.1. The van der Waals surface area contributed by atoms with Gasteiger partial charge in [-0.25, -0.2) is 4.98 Å². The maximum Gasteiger partial charge on any atom is 0.213 e. The summed E-state index contributed by atoms with van der Waals surface area (Å²) in [6.45, 7) is 16.3. The summed E-state index contributed by atoms with van der Waals surface area (Å²) in [5, 5.41) is 3.41. The number of rotatable bonds is 6. The molecular formula is C17H30N2O2. The zero-order valence-corrected chi connectivity index (χ0v) is 14.5. The van der Waals surface area contributed by atoms with Crippen molar-refractivity contribution in [2.45, 2.75) is 60.1 Å². The van der Waals surface area contributed by atoms with Gasteiger partial charge in [0.2, 0.25) is 5.88 Å². The van der Waals surface area contributed by atoms with Crippen molar-refractivity contribution in [3.63, 3.8) is 0 Å². The molecule has 0 spiro atoms. The van der Waals surface area contributed by atoms with Gasteiger partial charge < -0.3 is 14.8 Å². The van der Waals surface area contributed by atoms with E-state index in [1.165, 1.54) is 0 Å². The van der Waals surface area contributed by atoms with Gasteiger partial charge in [-0.3, -0.25) is 0 Å². The molecule has 1 atom stereocenters. The van der Waals surface area contributed by atoms with Gasteiger partial charge in [0.15, 0.2) is 0 Å². The maximum absolute atomic E-state index is 5.78. The highest BCUT2D eigenvalue weighted by Crippen LogP contribution is 2.19. The lowest BCUT2D eigenvalue weighted by molar-refractivity contribution is 0.189. The molecule has 0 saturated heterocycles. The van der Waals surface area contributed by atoms with Gasteiger partial charge in [0.1, 0.15) is 11.9 Å².